The lowest BCUT2D eigenvalue weighted by Crippen LogP contribution is -2.45. The van der Waals surface area contributed by atoms with Gasteiger partial charge in [-0.3, -0.25) is 15.0 Å². The van der Waals surface area contributed by atoms with Crippen molar-refractivity contribution in [3.8, 4) is 0 Å². The maximum Gasteiger partial charge on any atom is 0.414 e. The number of benzene rings is 2. The third-order valence-electron chi connectivity index (χ3n) is 3.89. The maximum atomic E-state index is 12.2. The highest BCUT2D eigenvalue weighted by Gasteiger charge is 2.26. The molecule has 0 heterocycles. The summed E-state index contributed by atoms with van der Waals surface area (Å²) in [5, 5.41) is 22.4. The number of para-hydroxylation sites is 2. The molecule has 0 aliphatic rings. The van der Waals surface area contributed by atoms with E-state index in [1.165, 1.54) is 31.3 Å². The van der Waals surface area contributed by atoms with Gasteiger partial charge in [0.25, 0.3) is 5.69 Å². The zero-order valence-corrected chi connectivity index (χ0v) is 15.9. The van der Waals surface area contributed by atoms with E-state index >= 15 is 0 Å². The Morgan fingerprint density at radius 3 is 2.37 bits per heavy atom. The first-order chi connectivity index (χ1) is 14.3. The normalized spacial score (nSPS) is 11.1. The highest BCUT2D eigenvalue weighted by atomic mass is 16.6. The minimum atomic E-state index is -1.57. The van der Waals surface area contributed by atoms with Crippen LogP contribution in [0.1, 0.15) is 5.56 Å². The molecule has 2 aromatic rings. The third-order valence-corrected chi connectivity index (χ3v) is 3.89. The molecule has 0 radical (unpaired) electrons. The molecule has 2 N–H and O–H groups in total. The molecule has 2 amide bonds. The standard InChI is InChI=1S/C19H19N3O8/c1-21(15-9-5-6-10-16(15)22(27)28)19(26)30-12-14(17(23)24)20-18(25)29-11-13-7-3-2-4-8-13/h2-10,14H,11-12H2,1H3,(H,20,25)(H,23,24)/t14-/m0/s1. The van der Waals surface area contributed by atoms with Crippen molar-refractivity contribution in [2.24, 2.45) is 0 Å². The highest BCUT2D eigenvalue weighted by Crippen LogP contribution is 2.26. The van der Waals surface area contributed by atoms with Crippen molar-refractivity contribution < 1.29 is 33.9 Å². The molecule has 0 spiro atoms. The van der Waals surface area contributed by atoms with Gasteiger partial charge in [-0.05, 0) is 11.6 Å². The summed E-state index contributed by atoms with van der Waals surface area (Å²) in [5.74, 6) is -1.45. The molecule has 11 nitrogen and oxygen atoms in total. The molecule has 0 aliphatic heterocycles. The van der Waals surface area contributed by atoms with Crippen LogP contribution >= 0.6 is 0 Å². The summed E-state index contributed by atoms with van der Waals surface area (Å²) >= 11 is 0. The molecule has 11 heteroatoms. The van der Waals surface area contributed by atoms with E-state index in [0.29, 0.717) is 5.56 Å². The number of aliphatic carboxylic acids is 1. The predicted molar refractivity (Wildman–Crippen MR) is 104 cm³/mol. The third kappa shape index (κ3) is 6.19. The minimum Gasteiger partial charge on any atom is -0.480 e. The van der Waals surface area contributed by atoms with Crippen molar-refractivity contribution in [3.05, 3.63) is 70.3 Å². The lowest BCUT2D eigenvalue weighted by atomic mass is 10.2. The predicted octanol–water partition coefficient (Wildman–Crippen LogP) is 2.55. The van der Waals surface area contributed by atoms with Crippen molar-refractivity contribution in [2.75, 3.05) is 18.6 Å². The fraction of sp³-hybridized carbons (Fsp3) is 0.211. The number of carbonyl (C=O) groups is 3. The first kappa shape index (κ1) is 22.1. The Labute approximate surface area is 171 Å². The second kappa shape index (κ2) is 10.4. The Kier molecular flexibility index (Phi) is 7.68. The van der Waals surface area contributed by atoms with E-state index in [1.807, 2.05) is 0 Å². The van der Waals surface area contributed by atoms with Gasteiger partial charge >= 0.3 is 18.2 Å². The number of nitrogens with zero attached hydrogens (tertiary/aromatic N) is 2. The number of carbonyl (C=O) groups excluding carboxylic acids is 2. The van der Waals surface area contributed by atoms with Crippen LogP contribution in [0.5, 0.6) is 0 Å². The van der Waals surface area contributed by atoms with E-state index < -0.39 is 35.7 Å². The van der Waals surface area contributed by atoms with Crippen LogP contribution in [0.25, 0.3) is 0 Å². The Hall–Kier alpha value is -4.15. The zero-order valence-electron chi connectivity index (χ0n) is 15.9. The number of rotatable bonds is 8. The molecule has 0 saturated carbocycles. The SMILES string of the molecule is CN(C(=O)OC[C@H](NC(=O)OCc1ccccc1)C(=O)O)c1ccccc1[N+](=O)[O-]. The monoisotopic (exact) mass is 417 g/mol. The molecular weight excluding hydrogens is 398 g/mol. The van der Waals surface area contributed by atoms with Crippen molar-refractivity contribution in [1.82, 2.24) is 5.32 Å². The molecule has 0 fully saturated rings. The zero-order chi connectivity index (χ0) is 22.1. The highest BCUT2D eigenvalue weighted by molar-refractivity contribution is 5.90. The van der Waals surface area contributed by atoms with E-state index in [0.717, 1.165) is 4.90 Å². The average molecular weight is 417 g/mol. The molecule has 158 valence electrons. The number of ether oxygens (including phenoxy) is 2. The quantitative estimate of drug-likeness (QED) is 0.492. The van der Waals surface area contributed by atoms with Crippen molar-refractivity contribution in [2.45, 2.75) is 12.6 Å². The van der Waals surface area contributed by atoms with Gasteiger partial charge in [-0.25, -0.2) is 14.4 Å². The van der Waals surface area contributed by atoms with Crippen LogP contribution in [-0.4, -0.2) is 47.9 Å². The van der Waals surface area contributed by atoms with Crippen LogP contribution in [0.3, 0.4) is 0 Å². The number of hydrogen-bond acceptors (Lipinski definition) is 7. The van der Waals surface area contributed by atoms with Crippen molar-refractivity contribution >= 4 is 29.5 Å². The van der Waals surface area contributed by atoms with E-state index in [4.69, 9.17) is 9.47 Å². The van der Waals surface area contributed by atoms with Crippen LogP contribution in [0.15, 0.2) is 54.6 Å². The van der Waals surface area contributed by atoms with Gasteiger partial charge in [-0.2, -0.15) is 0 Å². The van der Waals surface area contributed by atoms with Gasteiger partial charge in [0.05, 0.1) is 4.92 Å². The van der Waals surface area contributed by atoms with E-state index in [1.54, 1.807) is 30.3 Å². The lowest BCUT2D eigenvalue weighted by molar-refractivity contribution is -0.384. The van der Waals surface area contributed by atoms with Crippen LogP contribution in [0.2, 0.25) is 0 Å². The van der Waals surface area contributed by atoms with E-state index in [9.17, 15) is 29.6 Å². The largest absolute Gasteiger partial charge is 0.480 e. The Morgan fingerprint density at radius 2 is 1.73 bits per heavy atom. The van der Waals surface area contributed by atoms with Gasteiger partial charge in [0.2, 0.25) is 0 Å². The van der Waals surface area contributed by atoms with Crippen molar-refractivity contribution in [1.29, 1.82) is 0 Å². The number of carboxylic acid groups (broad SMARTS) is 1. The van der Waals surface area contributed by atoms with Crippen molar-refractivity contribution in [3.63, 3.8) is 0 Å². The number of nitro groups is 1. The minimum absolute atomic E-state index is 0.0328. The molecule has 30 heavy (non-hydrogen) atoms. The van der Waals surface area contributed by atoms with Crippen LogP contribution in [0, 0.1) is 10.1 Å². The second-order valence-corrected chi connectivity index (χ2v) is 5.98. The molecule has 0 bridgehead atoms. The number of alkyl carbamates (subject to hydrolysis) is 1. The molecule has 0 aromatic heterocycles. The van der Waals surface area contributed by atoms with Gasteiger partial charge in [0.1, 0.15) is 18.9 Å². The summed E-state index contributed by atoms with van der Waals surface area (Å²) in [6, 6.07) is 12.7. The molecule has 2 rings (SSSR count). The molecule has 0 unspecified atom stereocenters. The maximum absolute atomic E-state index is 12.2. The summed E-state index contributed by atoms with van der Waals surface area (Å²) in [7, 11) is 1.24. The Bertz CT molecular complexity index is 919. The Balaban J connectivity index is 1.92. The van der Waals surface area contributed by atoms with E-state index in [-0.39, 0.29) is 18.0 Å². The molecule has 0 saturated heterocycles. The van der Waals surface area contributed by atoms with Gasteiger partial charge in [0, 0.05) is 13.1 Å². The first-order valence-corrected chi connectivity index (χ1v) is 8.63. The van der Waals surface area contributed by atoms with Crippen LogP contribution in [-0.2, 0) is 20.9 Å². The smallest absolute Gasteiger partial charge is 0.414 e. The first-order valence-electron chi connectivity index (χ1n) is 8.63. The Morgan fingerprint density at radius 1 is 1.10 bits per heavy atom. The van der Waals surface area contributed by atoms with Gasteiger partial charge in [0.15, 0.2) is 6.04 Å². The van der Waals surface area contributed by atoms with Gasteiger partial charge in [-0.1, -0.05) is 42.5 Å². The molecule has 2 aromatic carbocycles. The molecular formula is C19H19N3O8. The topological polar surface area (TPSA) is 148 Å². The number of hydrogen-bond donors (Lipinski definition) is 2. The summed E-state index contributed by atoms with van der Waals surface area (Å²) in [6.45, 7) is -0.779. The van der Waals surface area contributed by atoms with Gasteiger partial charge < -0.3 is 19.9 Å². The molecule has 0 aliphatic carbocycles. The number of nitro benzene ring substituents is 1. The lowest BCUT2D eigenvalue weighted by Gasteiger charge is -2.19. The average Bonchev–Trinajstić information content (AvgIpc) is 2.74. The summed E-state index contributed by atoms with van der Waals surface area (Å²) in [6.07, 6.45) is -2.04. The molecule has 1 atom stereocenters. The number of nitrogens with one attached hydrogen (secondary N) is 1. The van der Waals surface area contributed by atoms with Gasteiger partial charge in [-0.15, -0.1) is 0 Å². The van der Waals surface area contributed by atoms with Crippen LogP contribution < -0.4 is 10.2 Å². The summed E-state index contributed by atoms with van der Waals surface area (Å²) in [5.41, 5.74) is 0.348. The number of amides is 2. The van der Waals surface area contributed by atoms with E-state index in [2.05, 4.69) is 5.32 Å². The fourth-order valence-electron chi connectivity index (χ4n) is 2.33. The number of carboxylic acids is 1. The fourth-order valence-corrected chi connectivity index (χ4v) is 2.33. The summed E-state index contributed by atoms with van der Waals surface area (Å²) < 4.78 is 9.83. The number of anilines is 1. The second-order valence-electron chi connectivity index (χ2n) is 5.98. The summed E-state index contributed by atoms with van der Waals surface area (Å²) in [4.78, 5) is 46.6. The van der Waals surface area contributed by atoms with Crippen LogP contribution in [0.4, 0.5) is 21.0 Å².